The Bertz CT molecular complexity index is 771. The minimum Gasteiger partial charge on any atom is -0.254 e. The van der Waals surface area contributed by atoms with Gasteiger partial charge in [0.05, 0.1) is 11.0 Å². The van der Waals surface area contributed by atoms with Crippen LogP contribution in [0.1, 0.15) is 64.0 Å². The molecule has 120 valence electrons. The molecule has 0 saturated heterocycles. The second-order valence-electron chi connectivity index (χ2n) is 6.43. The zero-order chi connectivity index (χ0) is 16.1. The second-order valence-corrected chi connectivity index (χ2v) is 6.43. The van der Waals surface area contributed by atoms with Crippen LogP contribution in [0, 0.1) is 0 Å². The van der Waals surface area contributed by atoms with E-state index in [1.807, 2.05) is 12.3 Å². The van der Waals surface area contributed by atoms with Crippen molar-refractivity contribution in [1.82, 2.24) is 9.97 Å². The number of nitrogens with zero attached hydrogens (tertiary/aromatic N) is 2. The van der Waals surface area contributed by atoms with Gasteiger partial charge in [-0.15, -0.1) is 0 Å². The molecule has 0 aliphatic carbocycles. The van der Waals surface area contributed by atoms with Crippen molar-refractivity contribution in [3.63, 3.8) is 0 Å². The summed E-state index contributed by atoms with van der Waals surface area (Å²) in [5.41, 5.74) is 3.33. The molecular formula is C21H26N2. The van der Waals surface area contributed by atoms with E-state index in [0.717, 1.165) is 11.0 Å². The first kappa shape index (κ1) is 15.9. The molecule has 2 heterocycles. The van der Waals surface area contributed by atoms with Crippen LogP contribution in [0.3, 0.4) is 0 Å². The average Bonchev–Trinajstić information content (AvgIpc) is 2.61. The molecule has 0 aliphatic heterocycles. The van der Waals surface area contributed by atoms with Gasteiger partial charge in [-0.3, -0.25) is 9.97 Å². The Morgan fingerprint density at radius 3 is 2.17 bits per heavy atom. The van der Waals surface area contributed by atoms with E-state index < -0.39 is 0 Å². The van der Waals surface area contributed by atoms with Crippen LogP contribution in [0.2, 0.25) is 0 Å². The number of benzene rings is 1. The lowest BCUT2D eigenvalue weighted by Gasteiger charge is -2.16. The monoisotopic (exact) mass is 306 g/mol. The number of hydrogen-bond donors (Lipinski definition) is 0. The highest BCUT2D eigenvalue weighted by molar-refractivity contribution is 6.02. The van der Waals surface area contributed by atoms with Gasteiger partial charge in [-0.25, -0.2) is 0 Å². The Morgan fingerprint density at radius 1 is 0.826 bits per heavy atom. The lowest BCUT2D eigenvalue weighted by Crippen LogP contribution is -2.02. The zero-order valence-corrected chi connectivity index (χ0v) is 14.3. The van der Waals surface area contributed by atoms with Gasteiger partial charge in [0.25, 0.3) is 0 Å². The van der Waals surface area contributed by atoms with Crippen molar-refractivity contribution in [2.75, 3.05) is 0 Å². The SMILES string of the molecule is CCCCC(CCCC)c1ccc2ccc3cccnc3c2n1. The predicted molar refractivity (Wildman–Crippen MR) is 98.8 cm³/mol. The van der Waals surface area contributed by atoms with Crippen molar-refractivity contribution in [2.24, 2.45) is 0 Å². The van der Waals surface area contributed by atoms with E-state index >= 15 is 0 Å². The number of hydrogen-bond acceptors (Lipinski definition) is 2. The number of unbranched alkanes of at least 4 members (excludes halogenated alkanes) is 2. The first-order valence-electron chi connectivity index (χ1n) is 8.98. The first-order valence-corrected chi connectivity index (χ1v) is 8.98. The maximum Gasteiger partial charge on any atom is 0.0967 e. The third kappa shape index (κ3) is 3.52. The number of aromatic nitrogens is 2. The molecule has 2 heteroatoms. The Labute approximate surface area is 139 Å². The topological polar surface area (TPSA) is 25.8 Å². The van der Waals surface area contributed by atoms with E-state index in [-0.39, 0.29) is 0 Å². The lowest BCUT2D eigenvalue weighted by molar-refractivity contribution is 0.516. The standard InChI is InChI=1S/C21H26N2/c1-3-5-8-16(9-6-4-2)19-14-13-18-12-11-17-10-7-15-22-20(17)21(18)23-19/h7,10-16H,3-6,8-9H2,1-2H3. The van der Waals surface area contributed by atoms with E-state index in [0.29, 0.717) is 5.92 Å². The van der Waals surface area contributed by atoms with Crippen molar-refractivity contribution >= 4 is 21.8 Å². The molecule has 0 N–H and O–H groups in total. The molecule has 0 amide bonds. The van der Waals surface area contributed by atoms with Crippen molar-refractivity contribution in [1.29, 1.82) is 0 Å². The third-order valence-electron chi connectivity index (χ3n) is 4.68. The Morgan fingerprint density at radius 2 is 1.48 bits per heavy atom. The average molecular weight is 306 g/mol. The fraction of sp³-hybridized carbons (Fsp3) is 0.429. The zero-order valence-electron chi connectivity index (χ0n) is 14.3. The highest BCUT2D eigenvalue weighted by Crippen LogP contribution is 2.29. The van der Waals surface area contributed by atoms with E-state index in [9.17, 15) is 0 Å². The second kappa shape index (κ2) is 7.54. The highest BCUT2D eigenvalue weighted by atomic mass is 14.8. The summed E-state index contributed by atoms with van der Waals surface area (Å²) >= 11 is 0. The minimum atomic E-state index is 0.582. The fourth-order valence-corrected chi connectivity index (χ4v) is 3.31. The van der Waals surface area contributed by atoms with Crippen LogP contribution in [0.5, 0.6) is 0 Å². The summed E-state index contributed by atoms with van der Waals surface area (Å²) in [5, 5.41) is 2.35. The number of rotatable bonds is 7. The van der Waals surface area contributed by atoms with Gasteiger partial charge in [0, 0.05) is 28.6 Å². The van der Waals surface area contributed by atoms with Crippen LogP contribution in [0.25, 0.3) is 21.8 Å². The largest absolute Gasteiger partial charge is 0.254 e. The Balaban J connectivity index is 2.03. The molecule has 2 aromatic heterocycles. The van der Waals surface area contributed by atoms with Crippen LogP contribution in [-0.2, 0) is 0 Å². The van der Waals surface area contributed by atoms with Gasteiger partial charge in [0.1, 0.15) is 0 Å². The maximum atomic E-state index is 5.05. The van der Waals surface area contributed by atoms with Crippen LogP contribution in [0.4, 0.5) is 0 Å². The molecule has 1 aromatic carbocycles. The molecule has 0 unspecified atom stereocenters. The summed E-state index contributed by atoms with van der Waals surface area (Å²) in [7, 11) is 0. The van der Waals surface area contributed by atoms with Gasteiger partial charge >= 0.3 is 0 Å². The van der Waals surface area contributed by atoms with Gasteiger partial charge in [0.15, 0.2) is 0 Å². The van der Waals surface area contributed by atoms with Gasteiger partial charge in [-0.05, 0) is 25.0 Å². The van der Waals surface area contributed by atoms with Crippen molar-refractivity contribution < 1.29 is 0 Å². The van der Waals surface area contributed by atoms with Gasteiger partial charge in [-0.1, -0.05) is 63.8 Å². The molecule has 0 radical (unpaired) electrons. The minimum absolute atomic E-state index is 0.582. The molecule has 0 bridgehead atoms. The van der Waals surface area contributed by atoms with Crippen LogP contribution in [0.15, 0.2) is 42.6 Å². The van der Waals surface area contributed by atoms with Crippen LogP contribution >= 0.6 is 0 Å². The highest BCUT2D eigenvalue weighted by Gasteiger charge is 2.14. The molecule has 23 heavy (non-hydrogen) atoms. The predicted octanol–water partition coefficient (Wildman–Crippen LogP) is 6.25. The molecule has 3 rings (SSSR count). The lowest BCUT2D eigenvalue weighted by atomic mass is 9.92. The fourth-order valence-electron chi connectivity index (χ4n) is 3.31. The summed E-state index contributed by atoms with van der Waals surface area (Å²) < 4.78 is 0. The summed E-state index contributed by atoms with van der Waals surface area (Å²) in [5.74, 6) is 0.582. The number of pyridine rings is 2. The summed E-state index contributed by atoms with van der Waals surface area (Å²) in [6.07, 6.45) is 9.41. The molecule has 0 fully saturated rings. The Hall–Kier alpha value is -1.96. The van der Waals surface area contributed by atoms with E-state index in [2.05, 4.69) is 49.2 Å². The summed E-state index contributed by atoms with van der Waals surface area (Å²) in [4.78, 5) is 9.62. The molecule has 3 aromatic rings. The van der Waals surface area contributed by atoms with Crippen molar-refractivity contribution in [2.45, 2.75) is 58.3 Å². The molecule has 0 atom stereocenters. The van der Waals surface area contributed by atoms with Gasteiger partial charge in [0.2, 0.25) is 0 Å². The number of fused-ring (bicyclic) bond motifs is 3. The molecular weight excluding hydrogens is 280 g/mol. The van der Waals surface area contributed by atoms with Crippen molar-refractivity contribution in [3.05, 3.63) is 48.3 Å². The quantitative estimate of drug-likeness (QED) is 0.482. The van der Waals surface area contributed by atoms with Crippen LogP contribution < -0.4 is 0 Å². The smallest absolute Gasteiger partial charge is 0.0967 e. The van der Waals surface area contributed by atoms with Gasteiger partial charge < -0.3 is 0 Å². The molecule has 2 nitrogen and oxygen atoms in total. The Kier molecular flexibility index (Phi) is 5.22. The van der Waals surface area contributed by atoms with Crippen LogP contribution in [-0.4, -0.2) is 9.97 Å². The van der Waals surface area contributed by atoms with Gasteiger partial charge in [-0.2, -0.15) is 0 Å². The normalized spacial score (nSPS) is 11.6. The van der Waals surface area contributed by atoms with E-state index in [1.165, 1.54) is 55.0 Å². The van der Waals surface area contributed by atoms with E-state index in [1.54, 1.807) is 0 Å². The maximum absolute atomic E-state index is 5.05. The summed E-state index contributed by atoms with van der Waals surface area (Å²) in [6, 6.07) is 12.8. The molecule has 0 spiro atoms. The molecule has 0 saturated carbocycles. The molecule has 0 aliphatic rings. The van der Waals surface area contributed by atoms with E-state index in [4.69, 9.17) is 4.98 Å². The van der Waals surface area contributed by atoms with Crippen molar-refractivity contribution in [3.8, 4) is 0 Å². The first-order chi connectivity index (χ1) is 11.3. The summed E-state index contributed by atoms with van der Waals surface area (Å²) in [6.45, 7) is 4.53. The third-order valence-corrected chi connectivity index (χ3v) is 4.68.